The second-order valence-electron chi connectivity index (χ2n) is 4.34. The minimum absolute atomic E-state index is 0.218. The molecule has 0 bridgehead atoms. The molecule has 0 spiro atoms. The first kappa shape index (κ1) is 13.8. The minimum atomic E-state index is 0.218. The van der Waals surface area contributed by atoms with Gasteiger partial charge in [-0.3, -0.25) is 4.79 Å². The Kier molecular flexibility index (Phi) is 5.01. The van der Waals surface area contributed by atoms with Crippen molar-refractivity contribution < 1.29 is 4.79 Å². The molecule has 1 fully saturated rings. The second-order valence-corrected chi connectivity index (χ2v) is 6.39. The molecule has 1 heterocycles. The zero-order valence-corrected chi connectivity index (χ0v) is 12.5. The molecule has 1 aliphatic rings. The van der Waals surface area contributed by atoms with E-state index >= 15 is 0 Å². The summed E-state index contributed by atoms with van der Waals surface area (Å²) in [7, 11) is 0. The van der Waals surface area contributed by atoms with Gasteiger partial charge in [-0.1, -0.05) is 31.2 Å². The molecule has 2 nitrogen and oxygen atoms in total. The molecular formula is C14H19NOS2. The number of carbonyl (C=O) groups excluding carboxylic acids is 1. The Balaban J connectivity index is 2.12. The van der Waals surface area contributed by atoms with E-state index < -0.39 is 0 Å². The van der Waals surface area contributed by atoms with Crippen molar-refractivity contribution in [3.63, 3.8) is 0 Å². The fourth-order valence-corrected chi connectivity index (χ4v) is 3.68. The summed E-state index contributed by atoms with van der Waals surface area (Å²) in [6.07, 6.45) is 3.14. The average Bonchev–Trinajstić information content (AvgIpc) is 2.78. The highest BCUT2D eigenvalue weighted by Gasteiger charge is 2.32. The van der Waals surface area contributed by atoms with Crippen molar-refractivity contribution in [2.75, 3.05) is 24.3 Å². The number of carbonyl (C=O) groups is 1. The van der Waals surface area contributed by atoms with Crippen LogP contribution in [0.15, 0.2) is 24.3 Å². The molecule has 4 heteroatoms. The Hall–Kier alpha value is -0.610. The van der Waals surface area contributed by atoms with Crippen LogP contribution in [0.1, 0.15) is 23.4 Å². The zero-order chi connectivity index (χ0) is 13.0. The molecular weight excluding hydrogens is 262 g/mol. The van der Waals surface area contributed by atoms with Crippen LogP contribution in [-0.2, 0) is 11.2 Å². The third-order valence-electron chi connectivity index (χ3n) is 3.18. The van der Waals surface area contributed by atoms with Crippen LogP contribution in [0.25, 0.3) is 0 Å². The lowest BCUT2D eigenvalue weighted by atomic mass is 10.1. The molecule has 18 heavy (non-hydrogen) atoms. The van der Waals surface area contributed by atoms with Crippen LogP contribution in [0.3, 0.4) is 0 Å². The fourth-order valence-electron chi connectivity index (χ4n) is 2.08. The predicted octanol–water partition coefficient (Wildman–Crippen LogP) is 3.19. The standard InChI is InChI=1S/C14H19NOS2/c1-3-11-4-6-12(7-5-11)14-15(8-9-17-2)13(16)10-18-14/h4-7,14H,3,8-10H2,1-2H3. The molecule has 1 aromatic rings. The van der Waals surface area contributed by atoms with Gasteiger partial charge in [-0.05, 0) is 23.8 Å². The topological polar surface area (TPSA) is 20.3 Å². The van der Waals surface area contributed by atoms with Gasteiger partial charge in [-0.25, -0.2) is 0 Å². The molecule has 0 saturated carbocycles. The number of amides is 1. The lowest BCUT2D eigenvalue weighted by Gasteiger charge is -2.24. The fraction of sp³-hybridized carbons (Fsp3) is 0.500. The molecule has 1 saturated heterocycles. The van der Waals surface area contributed by atoms with Crippen LogP contribution in [0.2, 0.25) is 0 Å². The quantitative estimate of drug-likeness (QED) is 0.827. The number of thioether (sulfide) groups is 2. The maximum Gasteiger partial charge on any atom is 0.233 e. The van der Waals surface area contributed by atoms with Gasteiger partial charge < -0.3 is 4.90 Å². The summed E-state index contributed by atoms with van der Waals surface area (Å²) in [5.74, 6) is 1.91. The first-order valence-corrected chi connectivity index (χ1v) is 8.69. The van der Waals surface area contributed by atoms with E-state index in [9.17, 15) is 4.79 Å². The number of hydrogen-bond acceptors (Lipinski definition) is 3. The zero-order valence-electron chi connectivity index (χ0n) is 10.9. The van der Waals surface area contributed by atoms with Crippen LogP contribution in [0, 0.1) is 0 Å². The van der Waals surface area contributed by atoms with Gasteiger partial charge in [0.15, 0.2) is 0 Å². The van der Waals surface area contributed by atoms with E-state index in [1.165, 1.54) is 11.1 Å². The first-order chi connectivity index (χ1) is 8.76. The highest BCUT2D eigenvalue weighted by molar-refractivity contribution is 8.00. The van der Waals surface area contributed by atoms with Gasteiger partial charge in [-0.15, -0.1) is 11.8 Å². The normalized spacial score (nSPS) is 19.6. The van der Waals surface area contributed by atoms with E-state index in [2.05, 4.69) is 37.4 Å². The van der Waals surface area contributed by atoms with Crippen molar-refractivity contribution in [1.82, 2.24) is 4.90 Å². The molecule has 1 aromatic carbocycles. The van der Waals surface area contributed by atoms with Gasteiger partial charge in [0.1, 0.15) is 5.37 Å². The molecule has 0 aromatic heterocycles. The number of hydrogen-bond donors (Lipinski definition) is 0. The van der Waals surface area contributed by atoms with E-state index in [4.69, 9.17) is 0 Å². The number of nitrogens with zero attached hydrogens (tertiary/aromatic N) is 1. The lowest BCUT2D eigenvalue weighted by molar-refractivity contribution is -0.127. The molecule has 0 N–H and O–H groups in total. The summed E-state index contributed by atoms with van der Waals surface area (Å²) in [5, 5.41) is 0.218. The molecule has 1 amide bonds. The SMILES string of the molecule is CCc1ccc(C2SCC(=O)N2CCSC)cc1. The third-order valence-corrected chi connectivity index (χ3v) is 5.02. The molecule has 1 unspecified atom stereocenters. The lowest BCUT2D eigenvalue weighted by Crippen LogP contribution is -2.30. The van der Waals surface area contributed by atoms with Gasteiger partial charge in [0, 0.05) is 12.3 Å². The highest BCUT2D eigenvalue weighted by atomic mass is 32.2. The van der Waals surface area contributed by atoms with E-state index in [1.807, 2.05) is 4.90 Å². The minimum Gasteiger partial charge on any atom is -0.325 e. The van der Waals surface area contributed by atoms with Gasteiger partial charge in [0.25, 0.3) is 0 Å². The molecule has 0 radical (unpaired) electrons. The van der Waals surface area contributed by atoms with Crippen LogP contribution < -0.4 is 0 Å². The first-order valence-electron chi connectivity index (χ1n) is 6.25. The summed E-state index contributed by atoms with van der Waals surface area (Å²) < 4.78 is 0. The Morgan fingerprint density at radius 2 is 2.11 bits per heavy atom. The van der Waals surface area contributed by atoms with E-state index in [0.717, 1.165) is 18.7 Å². The maximum absolute atomic E-state index is 11.9. The Bertz CT molecular complexity index is 405. The van der Waals surface area contributed by atoms with Crippen LogP contribution in [0.5, 0.6) is 0 Å². The molecule has 98 valence electrons. The summed E-state index contributed by atoms with van der Waals surface area (Å²) >= 11 is 3.53. The van der Waals surface area contributed by atoms with Crippen molar-refractivity contribution >= 4 is 29.4 Å². The molecule has 0 aliphatic carbocycles. The van der Waals surface area contributed by atoms with E-state index in [1.54, 1.807) is 23.5 Å². The van der Waals surface area contributed by atoms with Gasteiger partial charge in [0.2, 0.25) is 5.91 Å². The van der Waals surface area contributed by atoms with Crippen molar-refractivity contribution in [3.8, 4) is 0 Å². The predicted molar refractivity (Wildman–Crippen MR) is 81.1 cm³/mol. The highest BCUT2D eigenvalue weighted by Crippen LogP contribution is 2.38. The second kappa shape index (κ2) is 6.53. The average molecular weight is 281 g/mol. The molecule has 1 aliphatic heterocycles. The Labute approximate surface area is 118 Å². The van der Waals surface area contributed by atoms with Crippen LogP contribution >= 0.6 is 23.5 Å². The summed E-state index contributed by atoms with van der Waals surface area (Å²) in [5.41, 5.74) is 2.60. The van der Waals surface area contributed by atoms with Crippen LogP contribution in [-0.4, -0.2) is 35.1 Å². The van der Waals surface area contributed by atoms with Crippen molar-refractivity contribution in [2.45, 2.75) is 18.7 Å². The number of aryl methyl sites for hydroxylation is 1. The van der Waals surface area contributed by atoms with E-state index in [0.29, 0.717) is 5.75 Å². The largest absolute Gasteiger partial charge is 0.325 e. The Morgan fingerprint density at radius 3 is 2.72 bits per heavy atom. The monoisotopic (exact) mass is 281 g/mol. The van der Waals surface area contributed by atoms with Crippen molar-refractivity contribution in [1.29, 1.82) is 0 Å². The maximum atomic E-state index is 11.9. The number of rotatable bonds is 5. The van der Waals surface area contributed by atoms with Gasteiger partial charge in [-0.2, -0.15) is 11.8 Å². The molecule has 1 atom stereocenters. The van der Waals surface area contributed by atoms with Crippen LogP contribution in [0.4, 0.5) is 0 Å². The summed E-state index contributed by atoms with van der Waals surface area (Å²) in [6.45, 7) is 3.01. The number of benzene rings is 1. The van der Waals surface area contributed by atoms with Gasteiger partial charge in [0.05, 0.1) is 5.75 Å². The van der Waals surface area contributed by atoms with Crippen molar-refractivity contribution in [2.24, 2.45) is 0 Å². The third kappa shape index (κ3) is 3.04. The summed E-state index contributed by atoms with van der Waals surface area (Å²) in [6, 6.07) is 8.68. The smallest absolute Gasteiger partial charge is 0.233 e. The van der Waals surface area contributed by atoms with E-state index in [-0.39, 0.29) is 11.3 Å². The van der Waals surface area contributed by atoms with Gasteiger partial charge >= 0.3 is 0 Å². The van der Waals surface area contributed by atoms with Crippen molar-refractivity contribution in [3.05, 3.63) is 35.4 Å². The molecule has 2 rings (SSSR count). The Morgan fingerprint density at radius 1 is 1.39 bits per heavy atom. The summed E-state index contributed by atoms with van der Waals surface area (Å²) in [4.78, 5) is 13.9.